The zero-order valence-electron chi connectivity index (χ0n) is 22.1. The molecule has 0 saturated carbocycles. The Balaban J connectivity index is 1.33. The maximum atomic E-state index is 12.9. The van der Waals surface area contributed by atoms with Crippen LogP contribution in [0.3, 0.4) is 0 Å². The van der Waals surface area contributed by atoms with Crippen LogP contribution in [0.15, 0.2) is 91.4 Å². The van der Waals surface area contributed by atoms with Crippen LogP contribution in [-0.4, -0.2) is 37.2 Å². The van der Waals surface area contributed by atoms with Crippen molar-refractivity contribution < 1.29 is 14.3 Å². The lowest BCUT2D eigenvalue weighted by Gasteiger charge is -2.19. The van der Waals surface area contributed by atoms with Crippen molar-refractivity contribution in [1.82, 2.24) is 25.1 Å². The number of carbonyl (C=O) groups excluding carboxylic acids is 2. The average Bonchev–Trinajstić information content (AvgIpc) is 3.35. The van der Waals surface area contributed by atoms with E-state index in [1.165, 1.54) is 0 Å². The summed E-state index contributed by atoms with van der Waals surface area (Å²) in [5.41, 5.74) is 4.91. The minimum Gasteiger partial charge on any atom is -0.456 e. The van der Waals surface area contributed by atoms with Crippen LogP contribution in [0.2, 0.25) is 0 Å². The number of esters is 1. The molecule has 5 aromatic rings. The van der Waals surface area contributed by atoms with E-state index in [9.17, 15) is 9.59 Å². The van der Waals surface area contributed by atoms with E-state index in [-0.39, 0.29) is 18.4 Å². The van der Waals surface area contributed by atoms with Crippen molar-refractivity contribution in [3.8, 4) is 22.5 Å². The van der Waals surface area contributed by atoms with Gasteiger partial charge in [0.05, 0.1) is 16.8 Å². The fourth-order valence-corrected chi connectivity index (χ4v) is 4.22. The standard InChI is InChI=1S/C31H29N5O3/c1-31(2,3)39-30(38)22-13-11-21(12-14-22)18-34-28(37)20-36-19-25(29(35-36)27-10-6-7-16-32-27)23-15-17-33-26-9-5-4-8-24(23)26/h4-17,19H,18,20H2,1-3H3,(H,34,37). The molecule has 1 amide bonds. The average molecular weight is 520 g/mol. The third kappa shape index (κ3) is 6.18. The van der Waals surface area contributed by atoms with E-state index in [2.05, 4.69) is 15.3 Å². The van der Waals surface area contributed by atoms with Crippen LogP contribution >= 0.6 is 0 Å². The van der Waals surface area contributed by atoms with Crippen LogP contribution in [0.25, 0.3) is 33.4 Å². The number of hydrogen-bond acceptors (Lipinski definition) is 6. The molecular weight excluding hydrogens is 490 g/mol. The molecule has 0 aliphatic rings. The van der Waals surface area contributed by atoms with E-state index < -0.39 is 5.60 Å². The van der Waals surface area contributed by atoms with Crippen LogP contribution in [0.5, 0.6) is 0 Å². The van der Waals surface area contributed by atoms with Gasteiger partial charge in [0.25, 0.3) is 0 Å². The number of benzene rings is 2. The molecule has 3 aromatic heterocycles. The molecule has 5 rings (SSSR count). The Bertz CT molecular complexity index is 1610. The lowest BCUT2D eigenvalue weighted by Crippen LogP contribution is -2.27. The number of carbonyl (C=O) groups is 2. The number of aromatic nitrogens is 4. The van der Waals surface area contributed by atoms with Crippen molar-refractivity contribution in [2.45, 2.75) is 39.5 Å². The predicted octanol–water partition coefficient (Wildman–Crippen LogP) is 5.43. The van der Waals surface area contributed by atoms with E-state index in [1.54, 1.807) is 41.3 Å². The Morgan fingerprint density at radius 3 is 2.38 bits per heavy atom. The van der Waals surface area contributed by atoms with Gasteiger partial charge in [-0.15, -0.1) is 0 Å². The third-order valence-corrected chi connectivity index (χ3v) is 5.99. The van der Waals surface area contributed by atoms with Crippen LogP contribution < -0.4 is 5.32 Å². The first-order valence-electron chi connectivity index (χ1n) is 12.7. The maximum absolute atomic E-state index is 12.9. The summed E-state index contributed by atoms with van der Waals surface area (Å²) >= 11 is 0. The molecule has 3 heterocycles. The van der Waals surface area contributed by atoms with Crippen molar-refractivity contribution in [1.29, 1.82) is 0 Å². The van der Waals surface area contributed by atoms with Gasteiger partial charge in [-0.05, 0) is 68.3 Å². The minimum absolute atomic E-state index is 0.0405. The van der Waals surface area contributed by atoms with Crippen LogP contribution in [0.1, 0.15) is 36.7 Å². The SMILES string of the molecule is CC(C)(C)OC(=O)c1ccc(CNC(=O)Cn2cc(-c3ccnc4ccccc34)c(-c3ccccn3)n2)cc1. The van der Waals surface area contributed by atoms with Crippen molar-refractivity contribution in [3.63, 3.8) is 0 Å². The number of ether oxygens (including phenoxy) is 1. The molecule has 8 nitrogen and oxygen atoms in total. The number of nitrogens with zero attached hydrogens (tertiary/aromatic N) is 4. The van der Waals surface area contributed by atoms with Crippen LogP contribution in [-0.2, 0) is 22.6 Å². The maximum Gasteiger partial charge on any atom is 0.338 e. The highest BCUT2D eigenvalue weighted by atomic mass is 16.6. The molecule has 196 valence electrons. The van der Waals surface area contributed by atoms with Crippen LogP contribution in [0.4, 0.5) is 0 Å². The first-order valence-corrected chi connectivity index (χ1v) is 12.7. The molecule has 0 atom stereocenters. The number of amides is 1. The highest BCUT2D eigenvalue weighted by Gasteiger charge is 2.19. The van der Waals surface area contributed by atoms with Gasteiger partial charge < -0.3 is 10.1 Å². The molecule has 2 aromatic carbocycles. The molecule has 0 spiro atoms. The van der Waals surface area contributed by atoms with Crippen molar-refractivity contribution in [3.05, 3.63) is 103 Å². The number of fused-ring (bicyclic) bond motifs is 1. The smallest absolute Gasteiger partial charge is 0.338 e. The van der Waals surface area contributed by atoms with Gasteiger partial charge in [0.15, 0.2) is 0 Å². The van der Waals surface area contributed by atoms with Crippen molar-refractivity contribution in [2.75, 3.05) is 0 Å². The summed E-state index contributed by atoms with van der Waals surface area (Å²) in [6.45, 7) is 5.85. The van der Waals surface area contributed by atoms with Crippen LogP contribution in [0, 0.1) is 0 Å². The van der Waals surface area contributed by atoms with Gasteiger partial charge in [0, 0.05) is 36.1 Å². The molecule has 0 bridgehead atoms. The molecule has 1 N–H and O–H groups in total. The lowest BCUT2D eigenvalue weighted by molar-refractivity contribution is -0.122. The molecular formula is C31H29N5O3. The second-order valence-electron chi connectivity index (χ2n) is 10.2. The Labute approximate surface area is 226 Å². The number of hydrogen-bond donors (Lipinski definition) is 1. The monoisotopic (exact) mass is 519 g/mol. The van der Waals surface area contributed by atoms with Gasteiger partial charge in [-0.2, -0.15) is 5.10 Å². The number of para-hydroxylation sites is 1. The van der Waals surface area contributed by atoms with E-state index in [1.807, 2.05) is 75.5 Å². The number of nitrogens with one attached hydrogen (secondary N) is 1. The Hall–Kier alpha value is -4.85. The first-order chi connectivity index (χ1) is 18.8. The molecule has 0 fully saturated rings. The fraction of sp³-hybridized carbons (Fsp3) is 0.194. The second kappa shape index (κ2) is 10.9. The summed E-state index contributed by atoms with van der Waals surface area (Å²) in [6, 6.07) is 22.6. The van der Waals surface area contributed by atoms with Gasteiger partial charge in [0.2, 0.25) is 5.91 Å². The zero-order chi connectivity index (χ0) is 27.4. The summed E-state index contributed by atoms with van der Waals surface area (Å²) < 4.78 is 7.04. The minimum atomic E-state index is -0.558. The Morgan fingerprint density at radius 1 is 0.872 bits per heavy atom. The first kappa shape index (κ1) is 25.8. The molecule has 0 unspecified atom stereocenters. The highest BCUT2D eigenvalue weighted by Crippen LogP contribution is 2.34. The van der Waals surface area contributed by atoms with E-state index in [0.29, 0.717) is 17.8 Å². The van der Waals surface area contributed by atoms with Gasteiger partial charge in [-0.3, -0.25) is 19.4 Å². The lowest BCUT2D eigenvalue weighted by atomic mass is 10.0. The summed E-state index contributed by atoms with van der Waals surface area (Å²) in [5.74, 6) is -0.564. The number of pyridine rings is 2. The number of rotatable bonds is 7. The topological polar surface area (TPSA) is 99.0 Å². The second-order valence-corrected chi connectivity index (χ2v) is 10.2. The molecule has 0 saturated heterocycles. The van der Waals surface area contributed by atoms with Gasteiger partial charge in [-0.1, -0.05) is 36.4 Å². The normalized spacial score (nSPS) is 11.4. The highest BCUT2D eigenvalue weighted by molar-refractivity contribution is 5.97. The van der Waals surface area contributed by atoms with E-state index >= 15 is 0 Å². The van der Waals surface area contributed by atoms with Gasteiger partial charge >= 0.3 is 5.97 Å². The van der Waals surface area contributed by atoms with Gasteiger partial charge in [0.1, 0.15) is 17.8 Å². The molecule has 39 heavy (non-hydrogen) atoms. The molecule has 0 radical (unpaired) electrons. The summed E-state index contributed by atoms with van der Waals surface area (Å²) in [7, 11) is 0. The zero-order valence-corrected chi connectivity index (χ0v) is 22.1. The predicted molar refractivity (Wildman–Crippen MR) is 150 cm³/mol. The summed E-state index contributed by atoms with van der Waals surface area (Å²) in [5, 5.41) is 8.67. The van der Waals surface area contributed by atoms with E-state index in [4.69, 9.17) is 9.84 Å². The quantitative estimate of drug-likeness (QED) is 0.288. The third-order valence-electron chi connectivity index (χ3n) is 5.99. The largest absolute Gasteiger partial charge is 0.456 e. The van der Waals surface area contributed by atoms with Crippen molar-refractivity contribution >= 4 is 22.8 Å². The summed E-state index contributed by atoms with van der Waals surface area (Å²) in [6.07, 6.45) is 5.38. The fourth-order valence-electron chi connectivity index (χ4n) is 4.22. The summed E-state index contributed by atoms with van der Waals surface area (Å²) in [4.78, 5) is 34.1. The Morgan fingerprint density at radius 2 is 1.64 bits per heavy atom. The van der Waals surface area contributed by atoms with E-state index in [0.717, 1.165) is 33.3 Å². The molecule has 0 aliphatic heterocycles. The van der Waals surface area contributed by atoms with Gasteiger partial charge in [-0.25, -0.2) is 4.79 Å². The molecule has 8 heteroatoms. The van der Waals surface area contributed by atoms with Crippen molar-refractivity contribution in [2.24, 2.45) is 0 Å². The Kier molecular flexibility index (Phi) is 7.19. The molecule has 0 aliphatic carbocycles.